The Kier molecular flexibility index (Phi) is 10.2. The lowest BCUT2D eigenvalue weighted by molar-refractivity contribution is 0.462. The Morgan fingerprint density at radius 2 is 2.15 bits per heavy atom. The maximum absolute atomic E-state index is 4.78. The van der Waals surface area contributed by atoms with Gasteiger partial charge in [0.15, 0.2) is 5.96 Å². The molecule has 2 rings (SSSR count). The second kappa shape index (κ2) is 11.3. The van der Waals surface area contributed by atoms with Gasteiger partial charge in [0.2, 0.25) is 0 Å². The molecule has 0 aliphatic rings. The summed E-state index contributed by atoms with van der Waals surface area (Å²) in [5, 5.41) is 4.56. The number of hydrogen-bond donors (Lipinski definition) is 1. The van der Waals surface area contributed by atoms with Crippen LogP contribution in [0.25, 0.3) is 0 Å². The zero-order chi connectivity index (χ0) is 18.4. The van der Waals surface area contributed by atoms with Crippen LogP contribution in [-0.2, 0) is 26.4 Å². The molecule has 0 aliphatic heterocycles. The van der Waals surface area contributed by atoms with Crippen LogP contribution < -0.4 is 5.32 Å². The van der Waals surface area contributed by atoms with E-state index in [2.05, 4.69) is 77.8 Å². The van der Waals surface area contributed by atoms with Crippen molar-refractivity contribution in [2.24, 2.45) is 12.0 Å². The fraction of sp³-hybridized carbons (Fsp3) is 0.556. The first kappa shape index (κ1) is 23.4. The lowest BCUT2D eigenvalue weighted by atomic mass is 10.3. The lowest BCUT2D eigenvalue weighted by Crippen LogP contribution is -2.39. The number of aryl methyl sites for hydroxylation is 3. The van der Waals surface area contributed by atoms with Gasteiger partial charge in [-0.1, -0.05) is 6.92 Å². The van der Waals surface area contributed by atoms with E-state index in [0.29, 0.717) is 0 Å². The maximum atomic E-state index is 4.78. The molecule has 146 valence electrons. The molecule has 0 aromatic carbocycles. The van der Waals surface area contributed by atoms with Gasteiger partial charge in [0.25, 0.3) is 0 Å². The predicted molar refractivity (Wildman–Crippen MR) is 126 cm³/mol. The van der Waals surface area contributed by atoms with E-state index in [1.807, 2.05) is 0 Å². The highest BCUT2D eigenvalue weighted by Crippen LogP contribution is 2.18. The van der Waals surface area contributed by atoms with E-state index in [9.17, 15) is 0 Å². The molecule has 26 heavy (non-hydrogen) atoms. The molecular formula is C18H29BrIN5S. The van der Waals surface area contributed by atoms with Gasteiger partial charge in [0.05, 0.1) is 17.2 Å². The van der Waals surface area contributed by atoms with Crippen LogP contribution in [0.4, 0.5) is 0 Å². The third-order valence-corrected chi connectivity index (χ3v) is 5.54. The lowest BCUT2D eigenvalue weighted by Gasteiger charge is -2.22. The average Bonchev–Trinajstić information content (AvgIpc) is 3.07. The Balaban J connectivity index is 0.00000338. The molecule has 0 bridgehead atoms. The van der Waals surface area contributed by atoms with E-state index in [4.69, 9.17) is 9.98 Å². The molecule has 0 aliphatic carbocycles. The molecule has 5 nitrogen and oxygen atoms in total. The minimum absolute atomic E-state index is 0. The molecule has 2 heterocycles. The Hall–Kier alpha value is -0.610. The molecule has 0 fully saturated rings. The Morgan fingerprint density at radius 3 is 2.69 bits per heavy atom. The van der Waals surface area contributed by atoms with Crippen molar-refractivity contribution in [2.45, 2.75) is 40.2 Å². The van der Waals surface area contributed by atoms with Gasteiger partial charge in [-0.2, -0.15) is 0 Å². The first-order chi connectivity index (χ1) is 11.9. The Morgan fingerprint density at radius 1 is 1.42 bits per heavy atom. The second-order valence-corrected chi connectivity index (χ2v) is 8.27. The zero-order valence-electron chi connectivity index (χ0n) is 16.2. The van der Waals surface area contributed by atoms with E-state index < -0.39 is 0 Å². The number of thiazole rings is 1. The number of aliphatic imine (C=N–C) groups is 1. The number of guanidine groups is 1. The second-order valence-electron chi connectivity index (χ2n) is 6.07. The van der Waals surface area contributed by atoms with E-state index in [1.54, 1.807) is 11.3 Å². The molecule has 1 N–H and O–H groups in total. The first-order valence-electron chi connectivity index (χ1n) is 8.69. The van der Waals surface area contributed by atoms with Gasteiger partial charge in [0, 0.05) is 54.8 Å². The minimum Gasteiger partial charge on any atom is -0.357 e. The highest BCUT2D eigenvalue weighted by atomic mass is 127. The Labute approximate surface area is 186 Å². The van der Waals surface area contributed by atoms with Crippen LogP contribution in [0.15, 0.2) is 21.7 Å². The molecule has 8 heteroatoms. The number of aromatic nitrogens is 2. The van der Waals surface area contributed by atoms with Crippen molar-refractivity contribution in [2.75, 3.05) is 20.1 Å². The summed E-state index contributed by atoms with van der Waals surface area (Å²) in [5.74, 6) is 0.934. The quantitative estimate of drug-likeness (QED) is 0.314. The van der Waals surface area contributed by atoms with Gasteiger partial charge in [-0.25, -0.2) is 4.98 Å². The fourth-order valence-electron chi connectivity index (χ4n) is 2.69. The van der Waals surface area contributed by atoms with E-state index in [1.165, 1.54) is 21.3 Å². The van der Waals surface area contributed by atoms with Crippen molar-refractivity contribution < 1.29 is 0 Å². The summed E-state index contributed by atoms with van der Waals surface area (Å²) in [7, 11) is 4.14. The van der Waals surface area contributed by atoms with E-state index >= 15 is 0 Å². The number of halogens is 2. The average molecular weight is 554 g/mol. The van der Waals surface area contributed by atoms with Crippen molar-refractivity contribution in [1.29, 1.82) is 0 Å². The monoisotopic (exact) mass is 553 g/mol. The van der Waals surface area contributed by atoms with Crippen LogP contribution in [0.5, 0.6) is 0 Å². The van der Waals surface area contributed by atoms with Crippen molar-refractivity contribution >= 4 is 57.2 Å². The van der Waals surface area contributed by atoms with E-state index in [0.717, 1.165) is 42.9 Å². The van der Waals surface area contributed by atoms with Crippen molar-refractivity contribution in [3.05, 3.63) is 38.0 Å². The van der Waals surface area contributed by atoms with Gasteiger partial charge in [-0.15, -0.1) is 35.3 Å². The Bertz CT molecular complexity index is 725. The van der Waals surface area contributed by atoms with Crippen molar-refractivity contribution in [3.8, 4) is 0 Å². The summed E-state index contributed by atoms with van der Waals surface area (Å²) < 4.78 is 3.24. The molecule has 0 radical (unpaired) electrons. The van der Waals surface area contributed by atoms with Crippen LogP contribution in [0.3, 0.4) is 0 Å². The predicted octanol–water partition coefficient (Wildman–Crippen LogP) is 4.37. The van der Waals surface area contributed by atoms with Crippen LogP contribution >= 0.6 is 51.2 Å². The van der Waals surface area contributed by atoms with Crippen molar-refractivity contribution in [1.82, 2.24) is 19.8 Å². The third-order valence-electron chi connectivity index (χ3n) is 4.03. The summed E-state index contributed by atoms with van der Waals surface area (Å²) >= 11 is 5.33. The summed E-state index contributed by atoms with van der Waals surface area (Å²) in [6, 6.07) is 2.14. The fourth-order valence-corrected chi connectivity index (χ4v) is 4.27. The van der Waals surface area contributed by atoms with Crippen molar-refractivity contribution in [3.63, 3.8) is 0 Å². The number of nitrogens with zero attached hydrogens (tertiary/aromatic N) is 4. The van der Waals surface area contributed by atoms with Gasteiger partial charge in [-0.3, -0.25) is 4.99 Å². The highest BCUT2D eigenvalue weighted by molar-refractivity contribution is 14.0. The standard InChI is InChI=1S/C18H28BrN5S.HI/c1-6-16-13(3)25-17(22-16)8-9-21-18(20-7-2)24(5)12-15-10-14(19)11-23(15)4;/h10-11H,6-9,12H2,1-5H3,(H,20,21);1H. The summed E-state index contributed by atoms with van der Waals surface area (Å²) in [5.41, 5.74) is 2.46. The van der Waals surface area contributed by atoms with Gasteiger partial charge >= 0.3 is 0 Å². The molecular weight excluding hydrogens is 525 g/mol. The summed E-state index contributed by atoms with van der Waals surface area (Å²) in [4.78, 5) is 13.0. The zero-order valence-corrected chi connectivity index (χ0v) is 20.9. The van der Waals surface area contributed by atoms with Crippen LogP contribution in [0, 0.1) is 6.92 Å². The van der Waals surface area contributed by atoms with E-state index in [-0.39, 0.29) is 24.0 Å². The number of nitrogens with one attached hydrogen (secondary N) is 1. The van der Waals surface area contributed by atoms with Crippen LogP contribution in [-0.4, -0.2) is 40.5 Å². The summed E-state index contributed by atoms with van der Waals surface area (Å²) in [6.45, 7) is 8.82. The molecule has 0 atom stereocenters. The smallest absolute Gasteiger partial charge is 0.194 e. The number of rotatable bonds is 7. The normalized spacial score (nSPS) is 11.4. The highest BCUT2D eigenvalue weighted by Gasteiger charge is 2.10. The topological polar surface area (TPSA) is 45.5 Å². The number of hydrogen-bond acceptors (Lipinski definition) is 3. The molecule has 0 saturated heterocycles. The first-order valence-corrected chi connectivity index (χ1v) is 10.3. The van der Waals surface area contributed by atoms with Crippen LogP contribution in [0.1, 0.15) is 35.1 Å². The summed E-state index contributed by atoms with van der Waals surface area (Å²) in [6.07, 6.45) is 3.97. The molecule has 0 unspecified atom stereocenters. The molecule has 0 saturated carbocycles. The molecule has 0 spiro atoms. The van der Waals surface area contributed by atoms with Gasteiger partial charge in [-0.05, 0) is 42.3 Å². The van der Waals surface area contributed by atoms with Gasteiger partial charge in [0.1, 0.15) is 0 Å². The largest absolute Gasteiger partial charge is 0.357 e. The van der Waals surface area contributed by atoms with Gasteiger partial charge < -0.3 is 14.8 Å². The van der Waals surface area contributed by atoms with Crippen LogP contribution in [0.2, 0.25) is 0 Å². The molecule has 2 aromatic rings. The SMILES string of the molecule is CCNC(=NCCc1nc(CC)c(C)s1)N(C)Cc1cc(Br)cn1C.I. The third kappa shape index (κ3) is 6.53. The molecule has 2 aromatic heterocycles. The maximum Gasteiger partial charge on any atom is 0.194 e. The molecule has 0 amide bonds. The minimum atomic E-state index is 0.